The zero-order chi connectivity index (χ0) is 11.1. The fourth-order valence-corrected chi connectivity index (χ4v) is 3.19. The molecule has 3 N–H and O–H groups in total. The molecule has 0 radical (unpaired) electrons. The van der Waals surface area contributed by atoms with E-state index in [4.69, 9.17) is 5.84 Å². The zero-order valence-electron chi connectivity index (χ0n) is 8.79. The Morgan fingerprint density at radius 3 is 3.07 bits per heavy atom. The van der Waals surface area contributed by atoms with Crippen molar-refractivity contribution in [2.45, 2.75) is 25.5 Å². The lowest BCUT2D eigenvalue weighted by Gasteiger charge is -1.97. The second-order valence-electron chi connectivity index (χ2n) is 3.15. The molecule has 1 rings (SSSR count). The molecule has 0 saturated carbocycles. The van der Waals surface area contributed by atoms with Gasteiger partial charge in [0.2, 0.25) is 0 Å². The van der Waals surface area contributed by atoms with Crippen molar-refractivity contribution >= 4 is 29.0 Å². The van der Waals surface area contributed by atoms with Crippen LogP contribution < -0.4 is 11.3 Å². The predicted molar refractivity (Wildman–Crippen MR) is 67.0 cm³/mol. The number of hydrazine groups is 1. The van der Waals surface area contributed by atoms with Crippen molar-refractivity contribution in [3.05, 3.63) is 21.9 Å². The van der Waals surface area contributed by atoms with Crippen molar-refractivity contribution in [2.24, 2.45) is 5.84 Å². The van der Waals surface area contributed by atoms with Gasteiger partial charge < -0.3 is 0 Å². The number of carbonyl (C=O) groups is 1. The van der Waals surface area contributed by atoms with Gasteiger partial charge in [-0.3, -0.25) is 10.2 Å². The Morgan fingerprint density at radius 1 is 1.60 bits per heavy atom. The molecule has 0 unspecified atom stereocenters. The molecule has 0 aliphatic carbocycles. The van der Waals surface area contributed by atoms with Gasteiger partial charge in [0.1, 0.15) is 0 Å². The van der Waals surface area contributed by atoms with Gasteiger partial charge in [-0.25, -0.2) is 5.84 Å². The van der Waals surface area contributed by atoms with E-state index in [-0.39, 0.29) is 5.91 Å². The maximum Gasteiger partial charge on any atom is 0.275 e. The second kappa shape index (κ2) is 6.87. The molecule has 0 aliphatic rings. The number of hydrogen-bond donors (Lipinski definition) is 2. The van der Waals surface area contributed by atoms with Crippen LogP contribution in [0.5, 0.6) is 0 Å². The highest BCUT2D eigenvalue weighted by Crippen LogP contribution is 2.22. The van der Waals surface area contributed by atoms with Crippen molar-refractivity contribution in [1.29, 1.82) is 0 Å². The van der Waals surface area contributed by atoms with Crippen molar-refractivity contribution in [2.75, 3.05) is 5.75 Å². The van der Waals surface area contributed by atoms with Crippen LogP contribution in [0.3, 0.4) is 0 Å². The minimum Gasteiger partial charge on any atom is -0.289 e. The van der Waals surface area contributed by atoms with Gasteiger partial charge in [0.15, 0.2) is 0 Å². The molecule has 0 bridgehead atoms. The number of thioether (sulfide) groups is 1. The zero-order valence-corrected chi connectivity index (χ0v) is 10.4. The Bertz CT molecular complexity index is 312. The summed E-state index contributed by atoms with van der Waals surface area (Å²) < 4.78 is 0. The first-order valence-electron chi connectivity index (χ1n) is 4.95. The maximum atomic E-state index is 11.2. The average molecular weight is 244 g/mol. The summed E-state index contributed by atoms with van der Waals surface area (Å²) >= 11 is 3.42. The molecule has 3 nitrogen and oxygen atoms in total. The summed E-state index contributed by atoms with van der Waals surface area (Å²) in [5.74, 6) is 7.03. The summed E-state index contributed by atoms with van der Waals surface area (Å²) in [6.07, 6.45) is 2.49. The Hall–Kier alpha value is -0.520. The van der Waals surface area contributed by atoms with Gasteiger partial charge >= 0.3 is 0 Å². The molecule has 0 saturated heterocycles. The molecule has 0 atom stereocenters. The third-order valence-electron chi connectivity index (χ3n) is 1.90. The first-order valence-corrected chi connectivity index (χ1v) is 6.92. The molecule has 1 aromatic heterocycles. The number of hydrogen-bond acceptors (Lipinski definition) is 4. The number of nitrogen functional groups attached to an aromatic ring is 1. The summed E-state index contributed by atoms with van der Waals surface area (Å²) in [7, 11) is 0. The lowest BCUT2D eigenvalue weighted by atomic mass is 10.4. The van der Waals surface area contributed by atoms with E-state index in [1.807, 2.05) is 23.9 Å². The van der Waals surface area contributed by atoms with Gasteiger partial charge in [0.05, 0.1) is 4.88 Å². The van der Waals surface area contributed by atoms with E-state index in [0.717, 1.165) is 5.75 Å². The lowest BCUT2D eigenvalue weighted by molar-refractivity contribution is 0.0957. The van der Waals surface area contributed by atoms with Crippen LogP contribution in [-0.2, 0) is 5.75 Å². The van der Waals surface area contributed by atoms with Gasteiger partial charge in [-0.05, 0) is 24.3 Å². The summed E-state index contributed by atoms with van der Waals surface area (Å²) in [6.45, 7) is 2.19. The largest absolute Gasteiger partial charge is 0.289 e. The van der Waals surface area contributed by atoms with E-state index in [2.05, 4.69) is 12.3 Å². The summed E-state index contributed by atoms with van der Waals surface area (Å²) in [5.41, 5.74) is 2.14. The van der Waals surface area contributed by atoms with Crippen LogP contribution in [0.15, 0.2) is 12.1 Å². The normalized spacial score (nSPS) is 10.3. The molecule has 0 fully saturated rings. The topological polar surface area (TPSA) is 55.1 Å². The van der Waals surface area contributed by atoms with Gasteiger partial charge in [-0.15, -0.1) is 11.3 Å². The summed E-state index contributed by atoms with van der Waals surface area (Å²) in [5, 5.41) is 0. The molecule has 1 aromatic rings. The highest BCUT2D eigenvalue weighted by molar-refractivity contribution is 7.98. The molecule has 15 heavy (non-hydrogen) atoms. The molecular formula is C10H16N2OS2. The van der Waals surface area contributed by atoms with Crippen LogP contribution in [0, 0.1) is 0 Å². The van der Waals surface area contributed by atoms with E-state index in [0.29, 0.717) is 4.88 Å². The highest BCUT2D eigenvalue weighted by Gasteiger charge is 2.06. The number of carbonyl (C=O) groups excluding carboxylic acids is 1. The van der Waals surface area contributed by atoms with E-state index in [1.165, 1.54) is 34.8 Å². The Balaban J connectivity index is 2.36. The number of nitrogens with two attached hydrogens (primary N) is 1. The van der Waals surface area contributed by atoms with Gasteiger partial charge in [0, 0.05) is 10.6 Å². The minimum absolute atomic E-state index is 0.204. The third kappa shape index (κ3) is 4.24. The van der Waals surface area contributed by atoms with E-state index < -0.39 is 0 Å². The fraction of sp³-hybridized carbons (Fsp3) is 0.500. The second-order valence-corrected chi connectivity index (χ2v) is 5.42. The van der Waals surface area contributed by atoms with Crippen molar-refractivity contribution in [3.63, 3.8) is 0 Å². The molecule has 84 valence electrons. The van der Waals surface area contributed by atoms with Gasteiger partial charge in [0.25, 0.3) is 5.91 Å². The van der Waals surface area contributed by atoms with Crippen LogP contribution >= 0.6 is 23.1 Å². The molecular weight excluding hydrogens is 228 g/mol. The fourth-order valence-electron chi connectivity index (χ4n) is 1.07. The minimum atomic E-state index is -0.204. The number of rotatable bonds is 6. The van der Waals surface area contributed by atoms with Gasteiger partial charge in [-0.1, -0.05) is 13.3 Å². The third-order valence-corrected chi connectivity index (χ3v) is 4.26. The predicted octanol–water partition coefficient (Wildman–Crippen LogP) is 2.38. The van der Waals surface area contributed by atoms with Crippen LogP contribution in [0.1, 0.15) is 34.3 Å². The van der Waals surface area contributed by atoms with Crippen molar-refractivity contribution in [1.82, 2.24) is 5.43 Å². The lowest BCUT2D eigenvalue weighted by Crippen LogP contribution is -2.29. The van der Waals surface area contributed by atoms with Crippen molar-refractivity contribution < 1.29 is 4.79 Å². The highest BCUT2D eigenvalue weighted by atomic mass is 32.2. The maximum absolute atomic E-state index is 11.2. The number of thiophene rings is 1. The van der Waals surface area contributed by atoms with Crippen LogP contribution in [0.2, 0.25) is 0 Å². The molecule has 5 heteroatoms. The standard InChI is InChI=1S/C10H16N2OS2/c1-2-3-6-14-7-8-4-5-9(15-8)10(13)12-11/h4-5H,2-3,6-7,11H2,1H3,(H,12,13). The smallest absolute Gasteiger partial charge is 0.275 e. The van der Waals surface area contributed by atoms with E-state index >= 15 is 0 Å². The van der Waals surface area contributed by atoms with Gasteiger partial charge in [-0.2, -0.15) is 11.8 Å². The van der Waals surface area contributed by atoms with Crippen LogP contribution in [0.4, 0.5) is 0 Å². The molecule has 0 aromatic carbocycles. The summed E-state index contributed by atoms with van der Waals surface area (Å²) in [6, 6.07) is 3.82. The molecule has 1 amide bonds. The van der Waals surface area contributed by atoms with E-state index in [9.17, 15) is 4.79 Å². The average Bonchev–Trinajstić information content (AvgIpc) is 2.72. The monoisotopic (exact) mass is 244 g/mol. The molecule has 1 heterocycles. The molecule has 0 spiro atoms. The summed E-state index contributed by atoms with van der Waals surface area (Å²) in [4.78, 5) is 13.1. The van der Waals surface area contributed by atoms with Crippen LogP contribution in [-0.4, -0.2) is 11.7 Å². The number of amides is 1. The Morgan fingerprint density at radius 2 is 2.40 bits per heavy atom. The number of unbranched alkanes of at least 4 members (excludes halogenated alkanes) is 1. The first-order chi connectivity index (χ1) is 7.27. The Kier molecular flexibility index (Phi) is 5.75. The quantitative estimate of drug-likeness (QED) is 0.350. The van der Waals surface area contributed by atoms with Crippen LogP contribution in [0.25, 0.3) is 0 Å². The SMILES string of the molecule is CCCCSCc1ccc(C(=O)NN)s1. The number of nitrogens with one attached hydrogen (secondary N) is 1. The Labute approximate surface area is 98.4 Å². The molecule has 0 aliphatic heterocycles. The van der Waals surface area contributed by atoms with E-state index in [1.54, 1.807) is 0 Å². The first kappa shape index (κ1) is 12.5. The van der Waals surface area contributed by atoms with Crippen molar-refractivity contribution in [3.8, 4) is 0 Å².